The molecule has 0 atom stereocenters. The Labute approximate surface area is 151 Å². The number of carbonyl (C=O) groups excluding carboxylic acids is 2. The van der Waals surface area contributed by atoms with Gasteiger partial charge >= 0.3 is 0 Å². The van der Waals surface area contributed by atoms with E-state index in [-0.39, 0.29) is 24.4 Å². The van der Waals surface area contributed by atoms with Gasteiger partial charge in [-0.15, -0.1) is 22.7 Å². The van der Waals surface area contributed by atoms with Gasteiger partial charge in [-0.25, -0.2) is 0 Å². The van der Waals surface area contributed by atoms with Gasteiger partial charge in [-0.2, -0.15) is 0 Å². The molecule has 2 nitrogen and oxygen atoms in total. The number of hydrogen-bond donors (Lipinski definition) is 0. The van der Waals surface area contributed by atoms with Crippen LogP contribution in [0, 0.1) is 0 Å². The van der Waals surface area contributed by atoms with Crippen LogP contribution in [-0.2, 0) is 0 Å². The van der Waals surface area contributed by atoms with Crippen LogP contribution in [0.5, 0.6) is 0 Å². The molecular formula is C20H22O2S2. The molecule has 0 bridgehead atoms. The van der Waals surface area contributed by atoms with E-state index >= 15 is 0 Å². The zero-order valence-corrected chi connectivity index (χ0v) is 15.7. The van der Waals surface area contributed by atoms with E-state index in [4.69, 9.17) is 0 Å². The Kier molecular flexibility index (Phi) is 7.35. The van der Waals surface area contributed by atoms with Crippen molar-refractivity contribution < 1.29 is 9.59 Å². The topological polar surface area (TPSA) is 34.1 Å². The Balaban J connectivity index is 1.90. The molecule has 0 aliphatic heterocycles. The Morgan fingerprint density at radius 3 is 1.58 bits per heavy atom. The highest BCUT2D eigenvalue weighted by molar-refractivity contribution is 7.15. The lowest BCUT2D eigenvalue weighted by molar-refractivity contribution is 0.0921. The van der Waals surface area contributed by atoms with Gasteiger partial charge in [0.1, 0.15) is 0 Å². The molecule has 126 valence electrons. The van der Waals surface area contributed by atoms with Gasteiger partial charge in [0.15, 0.2) is 11.6 Å². The van der Waals surface area contributed by atoms with Crippen molar-refractivity contribution in [1.82, 2.24) is 0 Å². The van der Waals surface area contributed by atoms with E-state index in [1.54, 1.807) is 0 Å². The third kappa shape index (κ3) is 5.39. The number of rotatable bonds is 9. The molecular weight excluding hydrogens is 336 g/mol. The third-order valence-electron chi connectivity index (χ3n) is 3.42. The van der Waals surface area contributed by atoms with Crippen molar-refractivity contribution in [3.63, 3.8) is 0 Å². The lowest BCUT2D eigenvalue weighted by atomic mass is 10.1. The summed E-state index contributed by atoms with van der Waals surface area (Å²) in [4.78, 5) is 28.1. The second-order valence-corrected chi connectivity index (χ2v) is 7.60. The zero-order chi connectivity index (χ0) is 17.4. The molecule has 2 aromatic heterocycles. The van der Waals surface area contributed by atoms with Crippen molar-refractivity contribution in [1.29, 1.82) is 0 Å². The first-order valence-electron chi connectivity index (χ1n) is 8.23. The smallest absolute Gasteiger partial charge is 0.173 e. The first-order chi connectivity index (χ1) is 11.6. The van der Waals surface area contributed by atoms with E-state index in [1.807, 2.05) is 36.4 Å². The predicted molar refractivity (Wildman–Crippen MR) is 105 cm³/mol. The van der Waals surface area contributed by atoms with E-state index in [0.29, 0.717) is 0 Å². The van der Waals surface area contributed by atoms with Gasteiger partial charge in [0.05, 0.1) is 9.75 Å². The number of thiophene rings is 2. The minimum atomic E-state index is 0.0483. The Morgan fingerprint density at radius 2 is 1.21 bits per heavy atom. The summed E-state index contributed by atoms with van der Waals surface area (Å²) in [5.41, 5.74) is 0. The average Bonchev–Trinajstić information content (AvgIpc) is 3.25. The molecule has 0 radical (unpaired) electrons. The molecule has 2 rings (SSSR count). The van der Waals surface area contributed by atoms with Crippen molar-refractivity contribution in [3.05, 3.63) is 55.9 Å². The molecule has 0 aliphatic rings. The summed E-state index contributed by atoms with van der Waals surface area (Å²) in [7, 11) is 0. The highest BCUT2D eigenvalue weighted by Gasteiger charge is 2.14. The second kappa shape index (κ2) is 9.50. The minimum absolute atomic E-state index is 0.0483. The summed E-state index contributed by atoms with van der Waals surface area (Å²) in [6.45, 7) is 4.16. The summed E-state index contributed by atoms with van der Waals surface area (Å²) in [6, 6.07) is 7.62. The molecule has 0 fully saturated rings. The maximum Gasteiger partial charge on any atom is 0.173 e. The maximum absolute atomic E-state index is 12.2. The van der Waals surface area contributed by atoms with Crippen LogP contribution in [0.1, 0.15) is 68.6 Å². The molecule has 0 spiro atoms. The summed E-state index contributed by atoms with van der Waals surface area (Å²) >= 11 is 2.97. The van der Waals surface area contributed by atoms with Gasteiger partial charge in [0, 0.05) is 22.6 Å². The van der Waals surface area contributed by atoms with Crippen molar-refractivity contribution in [2.24, 2.45) is 0 Å². The molecule has 0 saturated carbocycles. The Hall–Kier alpha value is -1.78. The predicted octanol–water partition coefficient (Wildman–Crippen LogP) is 6.50. The quantitative estimate of drug-likeness (QED) is 0.479. The standard InChI is InChI=1S/C20H22O2S2/c1-3-5-7-15-9-13-19(23-15)17(21)11-12-18(22)20-14-10-16(24-20)8-6-4-2/h5-10,13-14H,3-4,11-12H2,1-2H3/b7-5+,8-6+. The molecule has 2 heterocycles. The maximum atomic E-state index is 12.2. The molecule has 24 heavy (non-hydrogen) atoms. The van der Waals surface area contributed by atoms with Crippen LogP contribution in [0.25, 0.3) is 12.2 Å². The van der Waals surface area contributed by atoms with Gasteiger partial charge in [0.2, 0.25) is 0 Å². The van der Waals surface area contributed by atoms with Crippen molar-refractivity contribution in [2.75, 3.05) is 0 Å². The number of ketones is 2. The number of hydrogen-bond acceptors (Lipinski definition) is 4. The van der Waals surface area contributed by atoms with Gasteiger partial charge in [0.25, 0.3) is 0 Å². The van der Waals surface area contributed by atoms with Crippen molar-refractivity contribution >= 4 is 46.4 Å². The van der Waals surface area contributed by atoms with E-state index in [1.165, 1.54) is 22.7 Å². The highest BCUT2D eigenvalue weighted by Crippen LogP contribution is 2.23. The van der Waals surface area contributed by atoms with Gasteiger partial charge in [-0.3, -0.25) is 9.59 Å². The molecule has 0 unspecified atom stereocenters. The van der Waals surface area contributed by atoms with E-state index < -0.39 is 0 Å². The fraction of sp³-hybridized carbons (Fsp3) is 0.300. The monoisotopic (exact) mass is 358 g/mol. The van der Waals surface area contributed by atoms with Crippen LogP contribution in [-0.4, -0.2) is 11.6 Å². The van der Waals surface area contributed by atoms with Crippen molar-refractivity contribution in [3.8, 4) is 0 Å². The number of allylic oxidation sites excluding steroid dienone is 2. The van der Waals surface area contributed by atoms with Gasteiger partial charge in [-0.1, -0.05) is 26.0 Å². The fourth-order valence-electron chi connectivity index (χ4n) is 2.13. The van der Waals surface area contributed by atoms with E-state index in [2.05, 4.69) is 26.0 Å². The molecule has 4 heteroatoms. The zero-order valence-electron chi connectivity index (χ0n) is 14.1. The molecule has 0 aromatic carbocycles. The number of Topliss-reactive ketones (excluding diaryl/α,β-unsaturated/α-hetero) is 2. The Bertz CT molecular complexity index is 683. The van der Waals surface area contributed by atoms with Crippen LogP contribution in [0.4, 0.5) is 0 Å². The summed E-state index contributed by atoms with van der Waals surface area (Å²) < 4.78 is 0. The van der Waals surface area contributed by atoms with Crippen LogP contribution in [0.2, 0.25) is 0 Å². The lowest BCUT2D eigenvalue weighted by Crippen LogP contribution is -2.02. The van der Waals surface area contributed by atoms with Crippen LogP contribution in [0.3, 0.4) is 0 Å². The lowest BCUT2D eigenvalue weighted by Gasteiger charge is -1.97. The summed E-state index contributed by atoms with van der Waals surface area (Å²) in [6.07, 6.45) is 10.7. The van der Waals surface area contributed by atoms with Crippen LogP contribution < -0.4 is 0 Å². The molecule has 2 aromatic rings. The van der Waals surface area contributed by atoms with Gasteiger partial charge in [-0.05, 0) is 49.3 Å². The molecule has 0 aliphatic carbocycles. The second-order valence-electron chi connectivity index (χ2n) is 5.37. The molecule has 0 N–H and O–H groups in total. The fourth-order valence-corrected chi connectivity index (χ4v) is 3.94. The SMILES string of the molecule is CC/C=C/c1ccc(C(=O)CCC(=O)c2ccc(/C=C/CC)s2)s1. The highest BCUT2D eigenvalue weighted by atomic mass is 32.1. The van der Waals surface area contributed by atoms with Gasteiger partial charge < -0.3 is 0 Å². The van der Waals surface area contributed by atoms with E-state index in [0.717, 1.165) is 32.4 Å². The normalized spacial score (nSPS) is 11.6. The van der Waals surface area contributed by atoms with Crippen LogP contribution in [0.15, 0.2) is 36.4 Å². The Morgan fingerprint density at radius 1 is 0.792 bits per heavy atom. The first-order valence-corrected chi connectivity index (χ1v) is 9.86. The largest absolute Gasteiger partial charge is 0.293 e. The first kappa shape index (κ1) is 18.6. The average molecular weight is 359 g/mol. The minimum Gasteiger partial charge on any atom is -0.293 e. The third-order valence-corrected chi connectivity index (χ3v) is 5.60. The molecule has 0 amide bonds. The van der Waals surface area contributed by atoms with Crippen LogP contribution >= 0.6 is 22.7 Å². The van der Waals surface area contributed by atoms with E-state index in [9.17, 15) is 9.59 Å². The summed E-state index contributed by atoms with van der Waals surface area (Å²) in [5, 5.41) is 0. The van der Waals surface area contributed by atoms with Crippen molar-refractivity contribution in [2.45, 2.75) is 39.5 Å². The number of carbonyl (C=O) groups is 2. The molecule has 0 saturated heterocycles. The summed E-state index contributed by atoms with van der Waals surface area (Å²) in [5.74, 6) is 0.0966.